The van der Waals surface area contributed by atoms with Gasteiger partial charge in [-0.3, -0.25) is 4.79 Å². The average molecular weight is 267 g/mol. The van der Waals surface area contributed by atoms with Crippen LogP contribution in [0.15, 0.2) is 5.38 Å². The maximum Gasteiger partial charge on any atom is 0.227 e. The fraction of sp³-hybridized carbons (Fsp3) is 0.692. The Morgan fingerprint density at radius 3 is 3.06 bits per heavy atom. The Morgan fingerprint density at radius 2 is 2.50 bits per heavy atom. The second-order valence-corrected chi connectivity index (χ2v) is 6.34. The van der Waals surface area contributed by atoms with Crippen LogP contribution in [0.5, 0.6) is 0 Å². The van der Waals surface area contributed by atoms with Gasteiger partial charge >= 0.3 is 0 Å². The number of amides is 1. The highest BCUT2D eigenvalue weighted by atomic mass is 32.1. The Bertz CT molecular complexity index is 432. The zero-order valence-corrected chi connectivity index (χ0v) is 11.8. The predicted molar refractivity (Wildman–Crippen MR) is 73.5 cm³/mol. The van der Waals surface area contributed by atoms with Gasteiger partial charge < -0.3 is 11.1 Å². The van der Waals surface area contributed by atoms with Crippen molar-refractivity contribution < 1.29 is 4.79 Å². The second-order valence-electron chi connectivity index (χ2n) is 5.28. The second kappa shape index (κ2) is 5.36. The van der Waals surface area contributed by atoms with Gasteiger partial charge in [-0.15, -0.1) is 11.3 Å². The molecule has 1 aliphatic carbocycles. The third kappa shape index (κ3) is 2.72. The van der Waals surface area contributed by atoms with E-state index in [-0.39, 0.29) is 17.4 Å². The first-order chi connectivity index (χ1) is 8.52. The smallest absolute Gasteiger partial charge is 0.227 e. The molecule has 0 radical (unpaired) electrons. The third-order valence-corrected chi connectivity index (χ3v) is 4.70. The van der Waals surface area contributed by atoms with E-state index in [4.69, 9.17) is 5.73 Å². The van der Waals surface area contributed by atoms with Gasteiger partial charge in [0.2, 0.25) is 5.91 Å². The molecule has 0 bridgehead atoms. The number of aryl methyl sites for hydroxylation is 1. The number of nitrogens with zero attached hydrogens (tertiary/aromatic N) is 1. The molecule has 1 aliphatic rings. The molecule has 1 heterocycles. The van der Waals surface area contributed by atoms with Crippen LogP contribution in [0.2, 0.25) is 0 Å². The number of carbonyl (C=O) groups is 1. The van der Waals surface area contributed by atoms with Gasteiger partial charge in [0, 0.05) is 24.4 Å². The van der Waals surface area contributed by atoms with Crippen LogP contribution in [0, 0.1) is 12.3 Å². The minimum absolute atomic E-state index is 0.000910. The standard InChI is InChI=1S/C13H21N3OS/c1-9-16-10(8-18-9)5-7-15-12(17)13(2)6-3-4-11(13)14/h8,11H,3-7,14H2,1-2H3,(H,15,17). The number of hydrogen-bond acceptors (Lipinski definition) is 4. The molecule has 1 saturated carbocycles. The number of carbonyl (C=O) groups excluding carboxylic acids is 1. The first-order valence-electron chi connectivity index (χ1n) is 6.47. The zero-order chi connectivity index (χ0) is 13.2. The minimum Gasteiger partial charge on any atom is -0.355 e. The van der Waals surface area contributed by atoms with Crippen molar-refractivity contribution in [2.45, 2.75) is 45.6 Å². The van der Waals surface area contributed by atoms with Gasteiger partial charge in [0.25, 0.3) is 0 Å². The quantitative estimate of drug-likeness (QED) is 0.871. The van der Waals surface area contributed by atoms with Crippen LogP contribution in [0.25, 0.3) is 0 Å². The Hall–Kier alpha value is -0.940. The van der Waals surface area contributed by atoms with Gasteiger partial charge in [-0.1, -0.05) is 6.42 Å². The number of nitrogens with one attached hydrogen (secondary N) is 1. The van der Waals surface area contributed by atoms with E-state index in [1.165, 1.54) is 0 Å². The van der Waals surface area contributed by atoms with E-state index < -0.39 is 0 Å². The lowest BCUT2D eigenvalue weighted by molar-refractivity contribution is -0.130. The van der Waals surface area contributed by atoms with Crippen LogP contribution in [0.1, 0.15) is 36.9 Å². The minimum atomic E-state index is -0.377. The van der Waals surface area contributed by atoms with Crippen molar-refractivity contribution in [2.24, 2.45) is 11.1 Å². The highest BCUT2D eigenvalue weighted by Crippen LogP contribution is 2.36. The van der Waals surface area contributed by atoms with E-state index >= 15 is 0 Å². The number of nitrogens with two attached hydrogens (primary N) is 1. The maximum absolute atomic E-state index is 12.2. The number of rotatable bonds is 4. The summed E-state index contributed by atoms with van der Waals surface area (Å²) in [6, 6.07) is -0.000910. The van der Waals surface area contributed by atoms with E-state index in [2.05, 4.69) is 10.3 Å². The summed E-state index contributed by atoms with van der Waals surface area (Å²) in [6.45, 7) is 4.61. The van der Waals surface area contributed by atoms with Gasteiger partial charge in [0.05, 0.1) is 16.1 Å². The Balaban J connectivity index is 1.81. The summed E-state index contributed by atoms with van der Waals surface area (Å²) in [5, 5.41) is 6.12. The Morgan fingerprint density at radius 1 is 1.72 bits per heavy atom. The van der Waals surface area contributed by atoms with E-state index in [0.717, 1.165) is 36.4 Å². The van der Waals surface area contributed by atoms with E-state index in [0.29, 0.717) is 6.54 Å². The van der Waals surface area contributed by atoms with Crippen LogP contribution < -0.4 is 11.1 Å². The number of thiazole rings is 1. The van der Waals surface area contributed by atoms with Crippen molar-refractivity contribution in [1.29, 1.82) is 0 Å². The molecule has 3 N–H and O–H groups in total. The molecule has 1 fully saturated rings. The van der Waals surface area contributed by atoms with E-state index in [1.54, 1.807) is 11.3 Å². The molecule has 1 aromatic heterocycles. The summed E-state index contributed by atoms with van der Waals surface area (Å²) >= 11 is 1.64. The molecule has 1 amide bonds. The summed E-state index contributed by atoms with van der Waals surface area (Å²) in [5.74, 6) is 0.0967. The molecule has 1 aromatic rings. The molecule has 4 nitrogen and oxygen atoms in total. The lowest BCUT2D eigenvalue weighted by Gasteiger charge is -2.27. The number of aromatic nitrogens is 1. The van der Waals surface area contributed by atoms with Gasteiger partial charge in [0.1, 0.15) is 0 Å². The third-order valence-electron chi connectivity index (χ3n) is 3.88. The van der Waals surface area contributed by atoms with Crippen LogP contribution in [0.4, 0.5) is 0 Å². The van der Waals surface area contributed by atoms with Crippen LogP contribution in [-0.2, 0) is 11.2 Å². The molecule has 18 heavy (non-hydrogen) atoms. The van der Waals surface area contributed by atoms with Crippen molar-refractivity contribution in [3.63, 3.8) is 0 Å². The topological polar surface area (TPSA) is 68.0 Å². The Labute approximate surface area is 112 Å². The van der Waals surface area contributed by atoms with Crippen molar-refractivity contribution in [3.8, 4) is 0 Å². The van der Waals surface area contributed by atoms with Crippen LogP contribution >= 0.6 is 11.3 Å². The largest absolute Gasteiger partial charge is 0.355 e. The van der Waals surface area contributed by atoms with Crippen molar-refractivity contribution in [3.05, 3.63) is 16.1 Å². The Kier molecular flexibility index (Phi) is 4.02. The fourth-order valence-corrected chi connectivity index (χ4v) is 3.15. The SMILES string of the molecule is Cc1nc(CCNC(=O)C2(C)CCCC2N)cs1. The first-order valence-corrected chi connectivity index (χ1v) is 7.35. The lowest BCUT2D eigenvalue weighted by Crippen LogP contribution is -2.47. The molecule has 2 atom stereocenters. The summed E-state index contributed by atoms with van der Waals surface area (Å²) < 4.78 is 0. The average Bonchev–Trinajstić information content (AvgIpc) is 2.88. The molecule has 2 unspecified atom stereocenters. The van der Waals surface area contributed by atoms with Crippen LogP contribution in [0.3, 0.4) is 0 Å². The molecule has 5 heteroatoms. The van der Waals surface area contributed by atoms with Gasteiger partial charge in [-0.25, -0.2) is 4.98 Å². The van der Waals surface area contributed by atoms with E-state index in [1.807, 2.05) is 19.2 Å². The lowest BCUT2D eigenvalue weighted by atomic mass is 9.84. The van der Waals surface area contributed by atoms with E-state index in [9.17, 15) is 4.79 Å². The first kappa shape index (κ1) is 13.5. The highest BCUT2D eigenvalue weighted by Gasteiger charge is 2.42. The summed E-state index contributed by atoms with van der Waals surface area (Å²) in [6.07, 6.45) is 3.70. The molecule has 2 rings (SSSR count). The molecule has 0 saturated heterocycles. The molecule has 100 valence electrons. The molecular weight excluding hydrogens is 246 g/mol. The normalized spacial score (nSPS) is 27.4. The molecule has 0 spiro atoms. The maximum atomic E-state index is 12.2. The van der Waals surface area contributed by atoms with Gasteiger partial charge in [-0.2, -0.15) is 0 Å². The van der Waals surface area contributed by atoms with Crippen molar-refractivity contribution >= 4 is 17.2 Å². The van der Waals surface area contributed by atoms with Gasteiger partial charge in [0.15, 0.2) is 0 Å². The van der Waals surface area contributed by atoms with Crippen molar-refractivity contribution in [1.82, 2.24) is 10.3 Å². The summed E-state index contributed by atoms with van der Waals surface area (Å²) in [4.78, 5) is 16.5. The molecule has 0 aromatic carbocycles. The predicted octanol–water partition coefficient (Wildman–Crippen LogP) is 1.63. The van der Waals surface area contributed by atoms with Gasteiger partial charge in [-0.05, 0) is 26.7 Å². The summed E-state index contributed by atoms with van der Waals surface area (Å²) in [5.41, 5.74) is 6.71. The molecular formula is C13H21N3OS. The fourth-order valence-electron chi connectivity index (χ4n) is 2.50. The summed E-state index contributed by atoms with van der Waals surface area (Å²) in [7, 11) is 0. The number of hydrogen-bond donors (Lipinski definition) is 2. The zero-order valence-electron chi connectivity index (χ0n) is 11.0. The van der Waals surface area contributed by atoms with Crippen LogP contribution in [-0.4, -0.2) is 23.5 Å². The monoisotopic (exact) mass is 267 g/mol. The van der Waals surface area contributed by atoms with Crippen molar-refractivity contribution in [2.75, 3.05) is 6.54 Å². The highest BCUT2D eigenvalue weighted by molar-refractivity contribution is 7.09. The molecule has 0 aliphatic heterocycles.